The first-order chi connectivity index (χ1) is 25.2. The van der Waals surface area contributed by atoms with Gasteiger partial charge in [0.05, 0.1) is 22.1 Å². The molecule has 9 aromatic rings. The zero-order valence-corrected chi connectivity index (χ0v) is 29.4. The molecule has 8 aromatic carbocycles. The van der Waals surface area contributed by atoms with Crippen molar-refractivity contribution >= 4 is 37.7 Å². The number of benzene rings is 8. The van der Waals surface area contributed by atoms with Crippen LogP contribution in [0, 0.1) is 0 Å². The number of hydrogen-bond donors (Lipinski definition) is 0. The maximum atomic E-state index is 3.66. The molecular weight excluding hydrogens is 682 g/mol. The fourth-order valence-corrected chi connectivity index (χ4v) is 9.02. The van der Waals surface area contributed by atoms with E-state index in [-0.39, 0.29) is 0 Å². The highest BCUT2D eigenvalue weighted by Crippen LogP contribution is 2.58. The van der Waals surface area contributed by atoms with Crippen molar-refractivity contribution in [3.63, 3.8) is 0 Å². The third-order valence-corrected chi connectivity index (χ3v) is 11.2. The minimum Gasteiger partial charge on any atom is -0.309 e. The summed E-state index contributed by atoms with van der Waals surface area (Å²) in [4.78, 5) is 0. The highest BCUT2D eigenvalue weighted by atomic mass is 79.9. The molecule has 0 saturated carbocycles. The molecule has 51 heavy (non-hydrogen) atoms. The predicted octanol–water partition coefficient (Wildman–Crippen LogP) is 13.2. The molecule has 0 atom stereocenters. The monoisotopic (exact) mass is 713 g/mol. The summed E-state index contributed by atoms with van der Waals surface area (Å²) < 4.78 is 3.59. The first-order valence-electron chi connectivity index (χ1n) is 17.5. The zero-order valence-electron chi connectivity index (χ0n) is 27.8. The molecule has 0 radical (unpaired) electrons. The molecule has 0 amide bonds. The second-order valence-corrected chi connectivity index (χ2v) is 14.3. The Morgan fingerprint density at radius 3 is 1.71 bits per heavy atom. The van der Waals surface area contributed by atoms with Gasteiger partial charge in [-0.15, -0.1) is 0 Å². The highest BCUT2D eigenvalue weighted by Gasteiger charge is 2.47. The minimum atomic E-state index is -0.457. The van der Waals surface area contributed by atoms with Crippen molar-refractivity contribution in [1.82, 2.24) is 4.57 Å². The van der Waals surface area contributed by atoms with Crippen molar-refractivity contribution in [2.24, 2.45) is 0 Å². The van der Waals surface area contributed by atoms with Gasteiger partial charge in [-0.1, -0.05) is 174 Å². The van der Waals surface area contributed by atoms with Gasteiger partial charge < -0.3 is 4.57 Å². The molecule has 0 unspecified atom stereocenters. The summed E-state index contributed by atoms with van der Waals surface area (Å²) in [6.45, 7) is 0. The molecule has 2 heteroatoms. The summed E-state index contributed by atoms with van der Waals surface area (Å²) in [6.07, 6.45) is 0. The average molecular weight is 715 g/mol. The van der Waals surface area contributed by atoms with E-state index in [9.17, 15) is 0 Å². The Labute approximate surface area is 306 Å². The molecule has 0 aliphatic heterocycles. The Kier molecular flexibility index (Phi) is 6.94. The van der Waals surface area contributed by atoms with Crippen LogP contribution < -0.4 is 0 Å². The van der Waals surface area contributed by atoms with E-state index < -0.39 is 5.41 Å². The lowest BCUT2D eigenvalue weighted by Crippen LogP contribution is -2.28. The second kappa shape index (κ2) is 11.8. The van der Waals surface area contributed by atoms with E-state index in [1.165, 1.54) is 83.1 Å². The first-order valence-corrected chi connectivity index (χ1v) is 18.3. The van der Waals surface area contributed by atoms with Gasteiger partial charge in [0, 0.05) is 20.8 Å². The molecular formula is C49H32BrN. The smallest absolute Gasteiger partial charge is 0.0714 e. The predicted molar refractivity (Wildman–Crippen MR) is 217 cm³/mol. The summed E-state index contributed by atoms with van der Waals surface area (Å²) >= 11 is 3.66. The molecule has 10 rings (SSSR count). The number of hydrogen-bond acceptors (Lipinski definition) is 0. The summed E-state index contributed by atoms with van der Waals surface area (Å²) in [5.74, 6) is 0. The Hall–Kier alpha value is -5.96. The molecule has 240 valence electrons. The van der Waals surface area contributed by atoms with Gasteiger partial charge in [0.15, 0.2) is 0 Å². The van der Waals surface area contributed by atoms with Gasteiger partial charge >= 0.3 is 0 Å². The third kappa shape index (κ3) is 4.53. The Morgan fingerprint density at radius 2 is 0.961 bits per heavy atom. The van der Waals surface area contributed by atoms with Crippen molar-refractivity contribution in [2.45, 2.75) is 5.41 Å². The van der Waals surface area contributed by atoms with Gasteiger partial charge in [0.25, 0.3) is 0 Å². The Balaban J connectivity index is 1.26. The SMILES string of the molecule is Brc1cccc(-c2cccc(-c3ccc4c5ccccc5n(-c5cccc6c5-c5ccccc5C6(c5ccccc5)c5ccccc5)c4c3)c2)c1. The summed E-state index contributed by atoms with van der Waals surface area (Å²) in [6, 6.07) is 71.3. The Morgan fingerprint density at radius 1 is 0.392 bits per heavy atom. The second-order valence-electron chi connectivity index (χ2n) is 13.4. The number of nitrogens with zero attached hydrogens (tertiary/aromatic N) is 1. The van der Waals surface area contributed by atoms with E-state index in [0.717, 1.165) is 4.47 Å². The average Bonchev–Trinajstić information content (AvgIpc) is 3.69. The van der Waals surface area contributed by atoms with E-state index in [4.69, 9.17) is 0 Å². The number of para-hydroxylation sites is 1. The van der Waals surface area contributed by atoms with E-state index in [0.29, 0.717) is 0 Å². The van der Waals surface area contributed by atoms with E-state index in [2.05, 4.69) is 215 Å². The van der Waals surface area contributed by atoms with Gasteiger partial charge in [-0.3, -0.25) is 0 Å². The number of rotatable bonds is 5. The highest BCUT2D eigenvalue weighted by molar-refractivity contribution is 9.10. The van der Waals surface area contributed by atoms with Gasteiger partial charge in [-0.25, -0.2) is 0 Å². The summed E-state index contributed by atoms with van der Waals surface area (Å²) in [5, 5.41) is 2.50. The van der Waals surface area contributed by atoms with Crippen molar-refractivity contribution < 1.29 is 0 Å². The van der Waals surface area contributed by atoms with Crippen molar-refractivity contribution in [2.75, 3.05) is 0 Å². The van der Waals surface area contributed by atoms with Gasteiger partial charge in [-0.2, -0.15) is 0 Å². The van der Waals surface area contributed by atoms with Crippen molar-refractivity contribution in [3.05, 3.63) is 221 Å². The molecule has 1 aliphatic rings. The van der Waals surface area contributed by atoms with Crippen LogP contribution in [0.15, 0.2) is 199 Å². The zero-order chi connectivity index (χ0) is 33.9. The van der Waals surface area contributed by atoms with Crippen LogP contribution in [0.4, 0.5) is 0 Å². The maximum absolute atomic E-state index is 3.66. The van der Waals surface area contributed by atoms with Gasteiger partial charge in [0.1, 0.15) is 0 Å². The number of aromatic nitrogens is 1. The maximum Gasteiger partial charge on any atom is 0.0714 e. The number of fused-ring (bicyclic) bond motifs is 6. The van der Waals surface area contributed by atoms with Crippen LogP contribution >= 0.6 is 15.9 Å². The first kappa shape index (κ1) is 29.9. The summed E-state index contributed by atoms with van der Waals surface area (Å²) in [5.41, 5.74) is 15.7. The largest absolute Gasteiger partial charge is 0.309 e. The molecule has 1 nitrogen and oxygen atoms in total. The van der Waals surface area contributed by atoms with Gasteiger partial charge in [-0.05, 0) is 86.5 Å². The van der Waals surface area contributed by atoms with E-state index in [1.807, 2.05) is 0 Å². The summed E-state index contributed by atoms with van der Waals surface area (Å²) in [7, 11) is 0. The fourth-order valence-electron chi connectivity index (χ4n) is 8.62. The lowest BCUT2D eigenvalue weighted by molar-refractivity contribution is 0.768. The van der Waals surface area contributed by atoms with E-state index in [1.54, 1.807) is 0 Å². The quantitative estimate of drug-likeness (QED) is 0.167. The molecule has 0 saturated heterocycles. The molecule has 0 N–H and O–H groups in total. The molecule has 1 aromatic heterocycles. The lowest BCUT2D eigenvalue weighted by Gasteiger charge is -2.34. The fraction of sp³-hybridized carbons (Fsp3) is 0.0204. The van der Waals surface area contributed by atoms with Gasteiger partial charge in [0.2, 0.25) is 0 Å². The molecule has 0 fully saturated rings. The Bertz CT molecular complexity index is 2720. The van der Waals surface area contributed by atoms with E-state index >= 15 is 0 Å². The normalized spacial score (nSPS) is 13.0. The topological polar surface area (TPSA) is 4.93 Å². The van der Waals surface area contributed by atoms with Crippen LogP contribution in [0.5, 0.6) is 0 Å². The van der Waals surface area contributed by atoms with Crippen LogP contribution in [-0.4, -0.2) is 4.57 Å². The van der Waals surface area contributed by atoms with Crippen molar-refractivity contribution in [3.8, 4) is 39.1 Å². The van der Waals surface area contributed by atoms with Crippen molar-refractivity contribution in [1.29, 1.82) is 0 Å². The molecule has 0 spiro atoms. The van der Waals surface area contributed by atoms with Crippen LogP contribution in [0.3, 0.4) is 0 Å². The lowest BCUT2D eigenvalue weighted by atomic mass is 9.68. The molecule has 1 heterocycles. The van der Waals surface area contributed by atoms with Crippen LogP contribution in [0.2, 0.25) is 0 Å². The minimum absolute atomic E-state index is 0.457. The molecule has 0 bridgehead atoms. The van der Waals surface area contributed by atoms with Crippen LogP contribution in [0.25, 0.3) is 60.9 Å². The molecule has 1 aliphatic carbocycles. The third-order valence-electron chi connectivity index (χ3n) is 10.7. The standard InChI is InChI=1S/C49H32BrN/c50-39-21-12-16-35(31-39)33-14-11-15-34(30-33)36-28-29-41-40-22-8-10-26-45(40)51(47(41)32-36)46-27-13-25-44-48(46)42-23-7-9-24-43(42)49(44,37-17-3-1-4-18-37)38-19-5-2-6-20-38/h1-32H. The van der Waals surface area contributed by atoms with Crippen LogP contribution in [-0.2, 0) is 5.41 Å². The number of halogens is 1. The van der Waals surface area contributed by atoms with Crippen LogP contribution in [0.1, 0.15) is 22.3 Å².